The van der Waals surface area contributed by atoms with Gasteiger partial charge in [-0.2, -0.15) is 0 Å². The number of piperidine rings is 1. The summed E-state index contributed by atoms with van der Waals surface area (Å²) in [7, 11) is 0. The van der Waals surface area contributed by atoms with Gasteiger partial charge in [0.1, 0.15) is 11.9 Å². The smallest absolute Gasteiger partial charge is 0.162 e. The SMILES string of the molecule is Cc1nnc(C2CCCO2)n1C1CCCNC1. The first-order valence-electron chi connectivity index (χ1n) is 6.60. The molecule has 0 aliphatic carbocycles. The van der Waals surface area contributed by atoms with E-state index in [1.807, 2.05) is 6.92 Å². The van der Waals surface area contributed by atoms with E-state index in [0.29, 0.717) is 6.04 Å². The summed E-state index contributed by atoms with van der Waals surface area (Å²) in [4.78, 5) is 0. The first-order chi connectivity index (χ1) is 8.36. The fourth-order valence-electron chi connectivity index (χ4n) is 2.89. The summed E-state index contributed by atoms with van der Waals surface area (Å²) in [5.41, 5.74) is 0. The molecule has 2 fully saturated rings. The van der Waals surface area contributed by atoms with Crippen molar-refractivity contribution in [2.45, 2.75) is 44.8 Å². The van der Waals surface area contributed by atoms with Crippen molar-refractivity contribution in [3.05, 3.63) is 11.6 Å². The number of ether oxygens (including phenoxy) is 1. The first kappa shape index (κ1) is 11.2. The zero-order valence-corrected chi connectivity index (χ0v) is 10.4. The molecule has 5 nitrogen and oxygen atoms in total. The molecule has 0 aromatic carbocycles. The van der Waals surface area contributed by atoms with E-state index in [9.17, 15) is 0 Å². The molecule has 3 rings (SSSR count). The number of aryl methyl sites for hydroxylation is 1. The van der Waals surface area contributed by atoms with Crippen LogP contribution < -0.4 is 5.32 Å². The maximum absolute atomic E-state index is 5.74. The van der Waals surface area contributed by atoms with E-state index in [0.717, 1.165) is 44.2 Å². The van der Waals surface area contributed by atoms with Crippen LogP contribution in [0.15, 0.2) is 0 Å². The van der Waals surface area contributed by atoms with E-state index in [2.05, 4.69) is 20.1 Å². The second kappa shape index (κ2) is 4.74. The van der Waals surface area contributed by atoms with E-state index in [1.54, 1.807) is 0 Å². The van der Waals surface area contributed by atoms with Crippen molar-refractivity contribution in [1.29, 1.82) is 0 Å². The van der Waals surface area contributed by atoms with Crippen LogP contribution in [0.5, 0.6) is 0 Å². The van der Waals surface area contributed by atoms with Crippen molar-refractivity contribution in [3.63, 3.8) is 0 Å². The van der Waals surface area contributed by atoms with Gasteiger partial charge >= 0.3 is 0 Å². The molecule has 0 saturated carbocycles. The van der Waals surface area contributed by atoms with Crippen molar-refractivity contribution in [2.75, 3.05) is 19.7 Å². The number of nitrogens with one attached hydrogen (secondary N) is 1. The monoisotopic (exact) mass is 236 g/mol. The van der Waals surface area contributed by atoms with Crippen LogP contribution in [0.4, 0.5) is 0 Å². The number of rotatable bonds is 2. The fourth-order valence-corrected chi connectivity index (χ4v) is 2.89. The summed E-state index contributed by atoms with van der Waals surface area (Å²) < 4.78 is 8.03. The topological polar surface area (TPSA) is 52.0 Å². The molecule has 2 aliphatic heterocycles. The summed E-state index contributed by atoms with van der Waals surface area (Å²) in [6.07, 6.45) is 4.83. The first-order valence-corrected chi connectivity index (χ1v) is 6.60. The molecule has 17 heavy (non-hydrogen) atoms. The Hall–Kier alpha value is -0.940. The zero-order chi connectivity index (χ0) is 11.7. The van der Waals surface area contributed by atoms with E-state index >= 15 is 0 Å². The molecule has 0 spiro atoms. The summed E-state index contributed by atoms with van der Waals surface area (Å²) in [6.45, 7) is 5.06. The Morgan fingerprint density at radius 3 is 2.94 bits per heavy atom. The van der Waals surface area contributed by atoms with Gasteiger partial charge in [-0.15, -0.1) is 10.2 Å². The third-order valence-electron chi connectivity index (χ3n) is 3.75. The molecule has 2 saturated heterocycles. The molecule has 1 aromatic rings. The van der Waals surface area contributed by atoms with Crippen molar-refractivity contribution >= 4 is 0 Å². The van der Waals surface area contributed by atoms with Crippen LogP contribution in [0.25, 0.3) is 0 Å². The number of hydrogen-bond donors (Lipinski definition) is 1. The van der Waals surface area contributed by atoms with E-state index in [1.165, 1.54) is 12.8 Å². The minimum atomic E-state index is 0.165. The molecule has 1 N–H and O–H groups in total. The van der Waals surface area contributed by atoms with Gasteiger partial charge in [0.2, 0.25) is 0 Å². The molecule has 94 valence electrons. The molecule has 5 heteroatoms. The summed E-state index contributed by atoms with van der Waals surface area (Å²) in [5, 5.41) is 12.0. The van der Waals surface area contributed by atoms with Crippen LogP contribution in [0.2, 0.25) is 0 Å². The average Bonchev–Trinajstić information content (AvgIpc) is 2.98. The van der Waals surface area contributed by atoms with Crippen LogP contribution in [-0.2, 0) is 4.74 Å². The number of hydrogen-bond acceptors (Lipinski definition) is 4. The van der Waals surface area contributed by atoms with Gasteiger partial charge in [0.25, 0.3) is 0 Å². The van der Waals surface area contributed by atoms with Crippen molar-refractivity contribution in [3.8, 4) is 0 Å². The lowest BCUT2D eigenvalue weighted by Crippen LogP contribution is -2.33. The normalized spacial score (nSPS) is 29.7. The lowest BCUT2D eigenvalue weighted by atomic mass is 10.1. The average molecular weight is 236 g/mol. The Balaban J connectivity index is 1.88. The summed E-state index contributed by atoms with van der Waals surface area (Å²) >= 11 is 0. The molecule has 0 amide bonds. The molecule has 0 bridgehead atoms. The zero-order valence-electron chi connectivity index (χ0n) is 10.4. The molecule has 3 heterocycles. The van der Waals surface area contributed by atoms with Gasteiger partial charge in [0.15, 0.2) is 5.82 Å². The third-order valence-corrected chi connectivity index (χ3v) is 3.75. The summed E-state index contributed by atoms with van der Waals surface area (Å²) in [5.74, 6) is 2.05. The highest BCUT2D eigenvalue weighted by Gasteiger charge is 2.28. The predicted molar refractivity (Wildman–Crippen MR) is 63.8 cm³/mol. The highest BCUT2D eigenvalue weighted by Crippen LogP contribution is 2.30. The highest BCUT2D eigenvalue weighted by molar-refractivity contribution is 5.03. The van der Waals surface area contributed by atoms with Gasteiger partial charge in [0.05, 0.1) is 0 Å². The fraction of sp³-hybridized carbons (Fsp3) is 0.833. The highest BCUT2D eigenvalue weighted by atomic mass is 16.5. The van der Waals surface area contributed by atoms with Crippen LogP contribution >= 0.6 is 0 Å². The predicted octanol–water partition coefficient (Wildman–Crippen LogP) is 1.36. The van der Waals surface area contributed by atoms with Gasteiger partial charge in [-0.05, 0) is 39.2 Å². The van der Waals surface area contributed by atoms with Gasteiger partial charge in [0, 0.05) is 19.2 Å². The molecular formula is C12H20N4O. The van der Waals surface area contributed by atoms with Crippen molar-refractivity contribution < 1.29 is 4.74 Å². The molecule has 2 aliphatic rings. The minimum absolute atomic E-state index is 0.165. The van der Waals surface area contributed by atoms with Crippen molar-refractivity contribution in [2.24, 2.45) is 0 Å². The van der Waals surface area contributed by atoms with E-state index in [-0.39, 0.29) is 6.10 Å². The van der Waals surface area contributed by atoms with Crippen LogP contribution in [0, 0.1) is 6.92 Å². The Bertz CT molecular complexity index is 378. The standard InChI is InChI=1S/C12H20N4O/c1-9-14-15-12(11-5-3-7-17-11)16(9)10-4-2-6-13-8-10/h10-11,13H,2-8H2,1H3. The maximum atomic E-state index is 5.74. The van der Waals surface area contributed by atoms with Crippen LogP contribution in [-0.4, -0.2) is 34.5 Å². The van der Waals surface area contributed by atoms with Crippen LogP contribution in [0.3, 0.4) is 0 Å². The lowest BCUT2D eigenvalue weighted by molar-refractivity contribution is 0.0990. The summed E-state index contributed by atoms with van der Waals surface area (Å²) in [6, 6.07) is 0.498. The van der Waals surface area contributed by atoms with E-state index < -0.39 is 0 Å². The third kappa shape index (κ3) is 2.09. The maximum Gasteiger partial charge on any atom is 0.162 e. The Morgan fingerprint density at radius 2 is 2.24 bits per heavy atom. The molecule has 0 radical (unpaired) electrons. The van der Waals surface area contributed by atoms with E-state index in [4.69, 9.17) is 4.74 Å². The Kier molecular flexibility index (Phi) is 3.11. The number of nitrogens with zero attached hydrogens (tertiary/aromatic N) is 3. The molecule has 1 aromatic heterocycles. The Morgan fingerprint density at radius 1 is 1.29 bits per heavy atom. The molecular weight excluding hydrogens is 216 g/mol. The largest absolute Gasteiger partial charge is 0.370 e. The second-order valence-corrected chi connectivity index (χ2v) is 4.98. The van der Waals surface area contributed by atoms with Gasteiger partial charge in [-0.1, -0.05) is 0 Å². The van der Waals surface area contributed by atoms with Gasteiger partial charge in [-0.25, -0.2) is 0 Å². The quantitative estimate of drug-likeness (QED) is 0.842. The number of aromatic nitrogens is 3. The lowest BCUT2D eigenvalue weighted by Gasteiger charge is -2.27. The second-order valence-electron chi connectivity index (χ2n) is 4.98. The van der Waals surface area contributed by atoms with Crippen LogP contribution in [0.1, 0.15) is 49.5 Å². The minimum Gasteiger partial charge on any atom is -0.370 e. The van der Waals surface area contributed by atoms with Gasteiger partial charge < -0.3 is 14.6 Å². The van der Waals surface area contributed by atoms with Gasteiger partial charge in [-0.3, -0.25) is 0 Å². The van der Waals surface area contributed by atoms with Crippen molar-refractivity contribution in [1.82, 2.24) is 20.1 Å². The Labute approximate surface area is 102 Å². The molecule has 2 atom stereocenters. The molecule has 2 unspecified atom stereocenters.